The van der Waals surface area contributed by atoms with Gasteiger partial charge in [-0.15, -0.1) is 0 Å². The first-order valence-corrected chi connectivity index (χ1v) is 8.97. The van der Waals surface area contributed by atoms with Crippen molar-refractivity contribution in [2.45, 2.75) is 32.9 Å². The summed E-state index contributed by atoms with van der Waals surface area (Å²) in [7, 11) is 0. The number of rotatable bonds is 5. The SMILES string of the molecule is CC(C)N(C=N)C(=N)c1cccc(NC(=O)c2cc3c(cn2)CCN(O)C3)n1. The smallest absolute Gasteiger partial charge is 0.275 e. The Bertz CT molecular complexity index is 913. The van der Waals surface area contributed by atoms with E-state index in [4.69, 9.17) is 10.8 Å². The van der Waals surface area contributed by atoms with Crippen LogP contribution in [0.3, 0.4) is 0 Å². The molecule has 0 saturated carbocycles. The summed E-state index contributed by atoms with van der Waals surface area (Å²) in [5.74, 6) is -0.0397. The summed E-state index contributed by atoms with van der Waals surface area (Å²) >= 11 is 0. The Morgan fingerprint density at radius 2 is 2.14 bits per heavy atom. The predicted octanol–water partition coefficient (Wildman–Crippen LogP) is 2.12. The quantitative estimate of drug-likeness (QED) is 0.464. The van der Waals surface area contributed by atoms with Gasteiger partial charge in [-0.3, -0.25) is 20.6 Å². The first-order chi connectivity index (χ1) is 13.4. The van der Waals surface area contributed by atoms with Gasteiger partial charge in [0.2, 0.25) is 0 Å². The highest BCUT2D eigenvalue weighted by atomic mass is 16.5. The third-order valence-corrected chi connectivity index (χ3v) is 4.49. The molecular weight excluding hydrogens is 358 g/mol. The Balaban J connectivity index is 1.77. The molecule has 0 radical (unpaired) electrons. The monoisotopic (exact) mass is 381 g/mol. The molecule has 4 N–H and O–H groups in total. The van der Waals surface area contributed by atoms with Gasteiger partial charge in [0.05, 0.1) is 6.34 Å². The average molecular weight is 381 g/mol. The number of carbonyl (C=O) groups excluding carboxylic acids is 1. The van der Waals surface area contributed by atoms with E-state index in [1.165, 1.54) is 9.96 Å². The van der Waals surface area contributed by atoms with Crippen molar-refractivity contribution in [3.63, 3.8) is 0 Å². The van der Waals surface area contributed by atoms with Crippen LogP contribution < -0.4 is 5.32 Å². The van der Waals surface area contributed by atoms with Gasteiger partial charge in [-0.25, -0.2) is 4.98 Å². The van der Waals surface area contributed by atoms with E-state index < -0.39 is 5.91 Å². The van der Waals surface area contributed by atoms with Crippen LogP contribution in [0.2, 0.25) is 0 Å². The summed E-state index contributed by atoms with van der Waals surface area (Å²) in [6, 6.07) is 6.60. The molecule has 0 saturated heterocycles. The number of hydrogen-bond acceptors (Lipinski definition) is 7. The minimum Gasteiger partial charge on any atom is -0.314 e. The summed E-state index contributed by atoms with van der Waals surface area (Å²) in [5.41, 5.74) is 2.48. The summed E-state index contributed by atoms with van der Waals surface area (Å²) in [4.78, 5) is 22.6. The lowest BCUT2D eigenvalue weighted by molar-refractivity contribution is -0.103. The fourth-order valence-corrected chi connectivity index (χ4v) is 2.97. The van der Waals surface area contributed by atoms with E-state index in [2.05, 4.69) is 15.3 Å². The fourth-order valence-electron chi connectivity index (χ4n) is 2.97. The number of hydrogen-bond donors (Lipinski definition) is 4. The van der Waals surface area contributed by atoms with Crippen LogP contribution in [0.4, 0.5) is 5.82 Å². The second-order valence-corrected chi connectivity index (χ2v) is 6.82. The number of pyridine rings is 2. The van der Waals surface area contributed by atoms with E-state index in [1.54, 1.807) is 30.5 Å². The van der Waals surface area contributed by atoms with Crippen molar-refractivity contribution < 1.29 is 10.0 Å². The second-order valence-electron chi connectivity index (χ2n) is 6.82. The maximum atomic E-state index is 12.6. The lowest BCUT2D eigenvalue weighted by Gasteiger charge is -2.23. The number of amidine groups is 1. The molecule has 3 rings (SSSR count). The molecule has 28 heavy (non-hydrogen) atoms. The molecule has 9 heteroatoms. The minimum absolute atomic E-state index is 0.0594. The molecule has 146 valence electrons. The van der Waals surface area contributed by atoms with Gasteiger partial charge in [-0.05, 0) is 49.6 Å². The van der Waals surface area contributed by atoms with Crippen LogP contribution in [0.5, 0.6) is 0 Å². The second kappa shape index (κ2) is 8.24. The molecule has 2 aromatic heterocycles. The Morgan fingerprint density at radius 1 is 1.36 bits per heavy atom. The molecule has 0 aromatic carbocycles. The lowest BCUT2D eigenvalue weighted by Crippen LogP contribution is -2.36. The van der Waals surface area contributed by atoms with Gasteiger partial charge < -0.3 is 15.4 Å². The minimum atomic E-state index is -0.415. The highest BCUT2D eigenvalue weighted by molar-refractivity contribution is 6.04. The first-order valence-electron chi connectivity index (χ1n) is 8.97. The van der Waals surface area contributed by atoms with Crippen LogP contribution in [0.1, 0.15) is 41.2 Å². The third kappa shape index (κ3) is 4.21. The lowest BCUT2D eigenvalue weighted by atomic mass is 10.0. The summed E-state index contributed by atoms with van der Waals surface area (Å²) in [5, 5.41) is 29.3. The average Bonchev–Trinajstić information content (AvgIpc) is 2.67. The van der Waals surface area contributed by atoms with Crippen LogP contribution in [0.25, 0.3) is 0 Å². The summed E-state index contributed by atoms with van der Waals surface area (Å²) in [6.45, 7) is 4.66. The molecule has 1 aliphatic heterocycles. The van der Waals surface area contributed by atoms with Crippen LogP contribution in [-0.2, 0) is 13.0 Å². The van der Waals surface area contributed by atoms with E-state index in [0.29, 0.717) is 31.0 Å². The first kappa shape index (κ1) is 19.6. The van der Waals surface area contributed by atoms with E-state index in [1.807, 2.05) is 13.8 Å². The molecule has 0 fully saturated rings. The van der Waals surface area contributed by atoms with Gasteiger partial charge in [-0.2, -0.15) is 5.06 Å². The number of hydroxylamine groups is 2. The Kier molecular flexibility index (Phi) is 5.76. The van der Waals surface area contributed by atoms with Crippen LogP contribution in [-0.4, -0.2) is 55.8 Å². The number of aromatic nitrogens is 2. The molecular formula is C19H23N7O2. The van der Waals surface area contributed by atoms with Gasteiger partial charge >= 0.3 is 0 Å². The van der Waals surface area contributed by atoms with Crippen molar-refractivity contribution in [3.05, 3.63) is 53.0 Å². The van der Waals surface area contributed by atoms with Crippen molar-refractivity contribution in [2.75, 3.05) is 11.9 Å². The highest BCUT2D eigenvalue weighted by Crippen LogP contribution is 2.18. The zero-order valence-corrected chi connectivity index (χ0v) is 15.8. The van der Waals surface area contributed by atoms with Crippen molar-refractivity contribution in [2.24, 2.45) is 0 Å². The Morgan fingerprint density at radius 3 is 2.86 bits per heavy atom. The van der Waals surface area contributed by atoms with E-state index >= 15 is 0 Å². The van der Waals surface area contributed by atoms with Gasteiger partial charge in [0, 0.05) is 25.3 Å². The van der Waals surface area contributed by atoms with E-state index in [9.17, 15) is 10.0 Å². The third-order valence-electron chi connectivity index (χ3n) is 4.49. The summed E-state index contributed by atoms with van der Waals surface area (Å²) < 4.78 is 0. The number of nitrogens with one attached hydrogen (secondary N) is 3. The van der Waals surface area contributed by atoms with Crippen LogP contribution in [0, 0.1) is 10.8 Å². The van der Waals surface area contributed by atoms with Gasteiger partial charge in [0.15, 0.2) is 5.84 Å². The molecule has 2 aromatic rings. The van der Waals surface area contributed by atoms with E-state index in [0.717, 1.165) is 17.5 Å². The number of anilines is 1. The maximum absolute atomic E-state index is 12.6. The predicted molar refractivity (Wildman–Crippen MR) is 105 cm³/mol. The van der Waals surface area contributed by atoms with Crippen molar-refractivity contribution in [1.29, 1.82) is 10.8 Å². The van der Waals surface area contributed by atoms with Crippen LogP contribution in [0.15, 0.2) is 30.5 Å². The normalized spacial score (nSPS) is 13.7. The molecule has 0 spiro atoms. The van der Waals surface area contributed by atoms with Gasteiger partial charge in [-0.1, -0.05) is 6.07 Å². The number of nitrogens with zero attached hydrogens (tertiary/aromatic N) is 4. The molecule has 3 heterocycles. The summed E-state index contributed by atoms with van der Waals surface area (Å²) in [6.07, 6.45) is 3.44. The molecule has 0 bridgehead atoms. The van der Waals surface area contributed by atoms with Crippen molar-refractivity contribution in [3.8, 4) is 0 Å². The van der Waals surface area contributed by atoms with Gasteiger partial charge in [0.25, 0.3) is 5.91 Å². The standard InChI is InChI=1S/C19H23N7O2/c1-12(2)26(11-20)18(21)15-4-3-5-17(23-15)24-19(27)16-8-14-10-25(28)7-6-13(14)9-22-16/h3-5,8-9,11-12,20-21,28H,6-7,10H2,1-2H3,(H,23,24,27). The molecule has 1 aliphatic rings. The van der Waals surface area contributed by atoms with Crippen molar-refractivity contribution in [1.82, 2.24) is 19.9 Å². The number of carbonyl (C=O) groups is 1. The van der Waals surface area contributed by atoms with Crippen molar-refractivity contribution >= 4 is 23.9 Å². The zero-order valence-electron chi connectivity index (χ0n) is 15.8. The molecule has 0 unspecified atom stereocenters. The number of fused-ring (bicyclic) bond motifs is 1. The Labute approximate surface area is 163 Å². The fraction of sp³-hybridized carbons (Fsp3) is 0.316. The van der Waals surface area contributed by atoms with Gasteiger partial charge in [0.1, 0.15) is 17.2 Å². The molecule has 0 atom stereocenters. The maximum Gasteiger partial charge on any atom is 0.275 e. The topological polar surface area (TPSA) is 129 Å². The van der Waals surface area contributed by atoms with Crippen LogP contribution >= 0.6 is 0 Å². The Hall–Kier alpha value is -3.17. The largest absolute Gasteiger partial charge is 0.314 e. The molecule has 0 aliphatic carbocycles. The zero-order chi connectivity index (χ0) is 20.3. The molecule has 9 nitrogen and oxygen atoms in total. The molecule has 1 amide bonds. The number of amides is 1. The highest BCUT2D eigenvalue weighted by Gasteiger charge is 2.19. The van der Waals surface area contributed by atoms with E-state index in [-0.39, 0.29) is 17.6 Å².